The number of rotatable bonds is 1. The Morgan fingerprint density at radius 2 is 1.94 bits per heavy atom. The van der Waals surface area contributed by atoms with Crippen molar-refractivity contribution in [2.75, 3.05) is 31.2 Å². The van der Waals surface area contributed by atoms with Gasteiger partial charge in [0.1, 0.15) is 11.5 Å². The van der Waals surface area contributed by atoms with Crippen LogP contribution in [-0.2, 0) is 10.9 Å². The van der Waals surface area contributed by atoms with Gasteiger partial charge in [0, 0.05) is 13.1 Å². The molecule has 6 heteroatoms. The molecule has 0 radical (unpaired) electrons. The summed E-state index contributed by atoms with van der Waals surface area (Å²) in [7, 11) is 0. The van der Waals surface area contributed by atoms with Crippen LogP contribution in [0.4, 0.5) is 19.0 Å². The van der Waals surface area contributed by atoms with Crippen molar-refractivity contribution in [2.24, 2.45) is 5.41 Å². The van der Waals surface area contributed by atoms with Crippen LogP contribution in [0.15, 0.2) is 18.2 Å². The number of pyridine rings is 1. The second kappa shape index (κ2) is 3.35. The predicted octanol–water partition coefficient (Wildman–Crippen LogP) is 1.94. The highest BCUT2D eigenvalue weighted by atomic mass is 19.4. The first kappa shape index (κ1) is 10.8. The van der Waals surface area contributed by atoms with E-state index in [0.717, 1.165) is 19.2 Å². The van der Waals surface area contributed by atoms with Gasteiger partial charge in [0.2, 0.25) is 0 Å². The SMILES string of the molecule is FC(F)(F)c1cccc(N2CC3(COC3)C2)n1. The Bertz CT molecular complexity index is 435. The van der Waals surface area contributed by atoms with Gasteiger partial charge in [-0.2, -0.15) is 13.2 Å². The van der Waals surface area contributed by atoms with E-state index in [1.165, 1.54) is 6.07 Å². The molecule has 2 aliphatic heterocycles. The standard InChI is InChI=1S/C11H11F3N2O/c12-11(13,14)8-2-1-3-9(15-8)16-4-10(5-16)6-17-7-10/h1-3H,4-7H2. The van der Waals surface area contributed by atoms with Crippen LogP contribution < -0.4 is 4.90 Å². The summed E-state index contributed by atoms with van der Waals surface area (Å²) >= 11 is 0. The maximum Gasteiger partial charge on any atom is 0.433 e. The molecule has 2 fully saturated rings. The van der Waals surface area contributed by atoms with Crippen LogP contribution >= 0.6 is 0 Å². The lowest BCUT2D eigenvalue weighted by atomic mass is 9.78. The molecule has 0 atom stereocenters. The molecule has 92 valence electrons. The number of aromatic nitrogens is 1. The molecule has 3 rings (SSSR count). The lowest BCUT2D eigenvalue weighted by Crippen LogP contribution is -2.66. The van der Waals surface area contributed by atoms with E-state index in [4.69, 9.17) is 4.74 Å². The number of hydrogen-bond acceptors (Lipinski definition) is 3. The Balaban J connectivity index is 1.76. The van der Waals surface area contributed by atoms with E-state index in [9.17, 15) is 13.2 Å². The van der Waals surface area contributed by atoms with E-state index in [-0.39, 0.29) is 5.41 Å². The molecular weight excluding hydrogens is 233 g/mol. The first-order valence-electron chi connectivity index (χ1n) is 5.36. The number of hydrogen-bond donors (Lipinski definition) is 0. The van der Waals surface area contributed by atoms with Crippen LogP contribution in [0, 0.1) is 5.41 Å². The second-order valence-corrected chi connectivity index (χ2v) is 4.73. The highest BCUT2D eigenvalue weighted by molar-refractivity contribution is 5.44. The molecule has 0 bridgehead atoms. The van der Waals surface area contributed by atoms with Gasteiger partial charge < -0.3 is 9.64 Å². The summed E-state index contributed by atoms with van der Waals surface area (Å²) in [6.45, 7) is 2.90. The van der Waals surface area contributed by atoms with Crippen LogP contribution in [0.3, 0.4) is 0 Å². The molecule has 1 aromatic rings. The van der Waals surface area contributed by atoms with Crippen LogP contribution in [0.1, 0.15) is 5.69 Å². The normalized spacial score (nSPS) is 22.2. The van der Waals surface area contributed by atoms with Crippen LogP contribution in [0.25, 0.3) is 0 Å². The molecule has 0 aromatic carbocycles. The average molecular weight is 244 g/mol. The molecule has 0 unspecified atom stereocenters. The molecule has 1 aromatic heterocycles. The summed E-state index contributed by atoms with van der Waals surface area (Å²) in [5.41, 5.74) is -0.656. The van der Waals surface area contributed by atoms with Crippen molar-refractivity contribution in [3.05, 3.63) is 23.9 Å². The Hall–Kier alpha value is -1.30. The molecule has 2 aliphatic rings. The largest absolute Gasteiger partial charge is 0.433 e. The van der Waals surface area contributed by atoms with E-state index in [1.54, 1.807) is 6.07 Å². The Morgan fingerprint density at radius 3 is 2.47 bits per heavy atom. The summed E-state index contributed by atoms with van der Waals surface area (Å²) < 4.78 is 42.6. The van der Waals surface area contributed by atoms with Gasteiger partial charge in [-0.15, -0.1) is 0 Å². The number of alkyl halides is 3. The zero-order valence-electron chi connectivity index (χ0n) is 9.00. The quantitative estimate of drug-likeness (QED) is 0.754. The minimum atomic E-state index is -4.38. The summed E-state index contributed by atoms with van der Waals surface area (Å²) in [5.74, 6) is 0.400. The van der Waals surface area contributed by atoms with Gasteiger partial charge in [-0.3, -0.25) is 0 Å². The van der Waals surface area contributed by atoms with Gasteiger partial charge in [0.05, 0.1) is 18.6 Å². The van der Waals surface area contributed by atoms with E-state index in [1.807, 2.05) is 4.90 Å². The molecule has 0 N–H and O–H groups in total. The van der Waals surface area contributed by atoms with Crippen molar-refractivity contribution in [3.8, 4) is 0 Å². The van der Waals surface area contributed by atoms with Crippen molar-refractivity contribution < 1.29 is 17.9 Å². The number of halogens is 3. The molecule has 2 saturated heterocycles. The number of ether oxygens (including phenoxy) is 1. The van der Waals surface area contributed by atoms with Gasteiger partial charge in [0.25, 0.3) is 0 Å². The van der Waals surface area contributed by atoms with E-state index < -0.39 is 11.9 Å². The second-order valence-electron chi connectivity index (χ2n) is 4.73. The van der Waals surface area contributed by atoms with Crippen molar-refractivity contribution in [3.63, 3.8) is 0 Å². The van der Waals surface area contributed by atoms with Gasteiger partial charge in [-0.1, -0.05) is 6.07 Å². The van der Waals surface area contributed by atoms with Crippen molar-refractivity contribution in [1.29, 1.82) is 0 Å². The summed E-state index contributed by atoms with van der Waals surface area (Å²) in [6.07, 6.45) is -4.38. The maximum absolute atomic E-state index is 12.5. The Kier molecular flexibility index (Phi) is 2.13. The van der Waals surface area contributed by atoms with Crippen LogP contribution in [0.2, 0.25) is 0 Å². The fraction of sp³-hybridized carbons (Fsp3) is 0.545. The fourth-order valence-electron chi connectivity index (χ4n) is 2.26. The minimum absolute atomic E-state index is 0.177. The third-order valence-electron chi connectivity index (χ3n) is 3.22. The predicted molar refractivity (Wildman–Crippen MR) is 54.7 cm³/mol. The first-order valence-corrected chi connectivity index (χ1v) is 5.36. The smallest absolute Gasteiger partial charge is 0.380 e. The Morgan fingerprint density at radius 1 is 1.24 bits per heavy atom. The molecule has 3 nitrogen and oxygen atoms in total. The third kappa shape index (κ3) is 1.76. The molecule has 0 amide bonds. The summed E-state index contributed by atoms with van der Waals surface area (Å²) in [5, 5.41) is 0. The minimum Gasteiger partial charge on any atom is -0.380 e. The Labute approximate surface area is 96.2 Å². The molecule has 0 saturated carbocycles. The van der Waals surface area contributed by atoms with Crippen LogP contribution in [0.5, 0.6) is 0 Å². The van der Waals surface area contributed by atoms with Crippen molar-refractivity contribution >= 4 is 5.82 Å². The van der Waals surface area contributed by atoms with Gasteiger partial charge in [-0.25, -0.2) is 4.98 Å². The lowest BCUT2D eigenvalue weighted by molar-refractivity contribution is -0.141. The van der Waals surface area contributed by atoms with Crippen molar-refractivity contribution in [1.82, 2.24) is 4.98 Å². The topological polar surface area (TPSA) is 25.4 Å². The van der Waals surface area contributed by atoms with Gasteiger partial charge in [-0.05, 0) is 12.1 Å². The average Bonchev–Trinajstić information content (AvgIpc) is 2.12. The highest BCUT2D eigenvalue weighted by Gasteiger charge is 2.49. The number of nitrogens with zero attached hydrogens (tertiary/aromatic N) is 2. The molecule has 3 heterocycles. The first-order chi connectivity index (χ1) is 7.99. The van der Waals surface area contributed by atoms with E-state index in [0.29, 0.717) is 19.0 Å². The summed E-state index contributed by atoms with van der Waals surface area (Å²) in [4.78, 5) is 5.51. The zero-order valence-corrected chi connectivity index (χ0v) is 9.00. The highest BCUT2D eigenvalue weighted by Crippen LogP contribution is 2.40. The molecule has 0 aliphatic carbocycles. The zero-order chi connectivity index (χ0) is 12.1. The number of anilines is 1. The lowest BCUT2D eigenvalue weighted by Gasteiger charge is -2.55. The molecule has 1 spiro atoms. The van der Waals surface area contributed by atoms with E-state index in [2.05, 4.69) is 4.98 Å². The fourth-order valence-corrected chi connectivity index (χ4v) is 2.26. The van der Waals surface area contributed by atoms with Gasteiger partial charge in [0.15, 0.2) is 0 Å². The molecular formula is C11H11F3N2O. The molecule has 17 heavy (non-hydrogen) atoms. The van der Waals surface area contributed by atoms with Gasteiger partial charge >= 0.3 is 6.18 Å². The maximum atomic E-state index is 12.5. The van der Waals surface area contributed by atoms with Crippen LogP contribution in [-0.4, -0.2) is 31.3 Å². The third-order valence-corrected chi connectivity index (χ3v) is 3.22. The summed E-state index contributed by atoms with van der Waals surface area (Å²) in [6, 6.07) is 4.00. The van der Waals surface area contributed by atoms with E-state index >= 15 is 0 Å². The van der Waals surface area contributed by atoms with Crippen molar-refractivity contribution in [2.45, 2.75) is 6.18 Å². The monoisotopic (exact) mass is 244 g/mol.